The van der Waals surface area contributed by atoms with Crippen molar-refractivity contribution in [1.82, 2.24) is 25.2 Å². The Morgan fingerprint density at radius 2 is 2.30 bits per heavy atom. The molecule has 6 heteroatoms. The van der Waals surface area contributed by atoms with Crippen LogP contribution >= 0.6 is 0 Å². The number of aromatic nitrogens is 3. The van der Waals surface area contributed by atoms with Crippen LogP contribution in [0, 0.1) is 0 Å². The molecule has 2 rings (SSSR count). The Morgan fingerprint density at radius 1 is 1.40 bits per heavy atom. The lowest BCUT2D eigenvalue weighted by atomic mass is 10.3. The highest BCUT2D eigenvalue weighted by atomic mass is 16.2. The molecule has 2 N–H and O–H groups in total. The summed E-state index contributed by atoms with van der Waals surface area (Å²) >= 11 is 0. The van der Waals surface area contributed by atoms with E-state index < -0.39 is 0 Å². The van der Waals surface area contributed by atoms with Crippen molar-refractivity contribution in [2.45, 2.75) is 25.9 Å². The SMILES string of the molecule is C[C@H](Cn1ccnc1)NC(=O)NCCc1ccccn1. The molecule has 106 valence electrons. The van der Waals surface area contributed by atoms with E-state index in [4.69, 9.17) is 0 Å². The van der Waals surface area contributed by atoms with Gasteiger partial charge in [0, 0.05) is 49.8 Å². The van der Waals surface area contributed by atoms with E-state index >= 15 is 0 Å². The average molecular weight is 273 g/mol. The van der Waals surface area contributed by atoms with Gasteiger partial charge in [-0.1, -0.05) is 6.07 Å². The van der Waals surface area contributed by atoms with Crippen molar-refractivity contribution in [3.63, 3.8) is 0 Å². The molecule has 0 bridgehead atoms. The molecule has 6 nitrogen and oxygen atoms in total. The molecule has 1 atom stereocenters. The van der Waals surface area contributed by atoms with Crippen molar-refractivity contribution in [2.24, 2.45) is 0 Å². The molecule has 0 unspecified atom stereocenters. The number of rotatable bonds is 6. The normalized spacial score (nSPS) is 11.8. The van der Waals surface area contributed by atoms with Crippen LogP contribution < -0.4 is 10.6 Å². The molecule has 2 heterocycles. The molecular weight excluding hydrogens is 254 g/mol. The number of imidazole rings is 1. The molecule has 0 fully saturated rings. The van der Waals surface area contributed by atoms with Gasteiger partial charge in [-0.25, -0.2) is 9.78 Å². The molecular formula is C14H19N5O. The second-order valence-electron chi connectivity index (χ2n) is 4.63. The lowest BCUT2D eigenvalue weighted by Gasteiger charge is -2.15. The molecule has 0 aliphatic carbocycles. The fourth-order valence-electron chi connectivity index (χ4n) is 1.88. The third-order valence-electron chi connectivity index (χ3n) is 2.81. The molecule has 0 saturated heterocycles. The van der Waals surface area contributed by atoms with Crippen LogP contribution in [0.2, 0.25) is 0 Å². The average Bonchev–Trinajstić information content (AvgIpc) is 2.92. The van der Waals surface area contributed by atoms with Crippen molar-refractivity contribution >= 4 is 6.03 Å². The van der Waals surface area contributed by atoms with Crippen LogP contribution in [0.4, 0.5) is 4.79 Å². The van der Waals surface area contributed by atoms with Crippen LogP contribution in [-0.4, -0.2) is 33.2 Å². The number of urea groups is 1. The minimum absolute atomic E-state index is 0.0408. The molecule has 0 spiro atoms. The molecule has 2 amide bonds. The van der Waals surface area contributed by atoms with Crippen LogP contribution in [0.5, 0.6) is 0 Å². The van der Waals surface area contributed by atoms with Crippen molar-refractivity contribution < 1.29 is 4.79 Å². The summed E-state index contributed by atoms with van der Waals surface area (Å²) in [5, 5.41) is 5.71. The first-order valence-corrected chi connectivity index (χ1v) is 6.64. The second-order valence-corrected chi connectivity index (χ2v) is 4.63. The fourth-order valence-corrected chi connectivity index (χ4v) is 1.88. The molecule has 0 aliphatic rings. The Hall–Kier alpha value is -2.37. The van der Waals surface area contributed by atoms with Gasteiger partial charge < -0.3 is 15.2 Å². The van der Waals surface area contributed by atoms with Crippen LogP contribution in [0.3, 0.4) is 0 Å². The van der Waals surface area contributed by atoms with E-state index in [0.29, 0.717) is 13.1 Å². The smallest absolute Gasteiger partial charge is 0.315 e. The highest BCUT2D eigenvalue weighted by molar-refractivity contribution is 5.74. The zero-order valence-corrected chi connectivity index (χ0v) is 11.5. The summed E-state index contributed by atoms with van der Waals surface area (Å²) < 4.78 is 1.93. The number of carbonyl (C=O) groups excluding carboxylic acids is 1. The Kier molecular flexibility index (Phi) is 5.11. The maximum atomic E-state index is 11.7. The summed E-state index contributed by atoms with van der Waals surface area (Å²) in [6, 6.07) is 5.64. The Bertz CT molecular complexity index is 512. The minimum atomic E-state index is -0.159. The molecule has 20 heavy (non-hydrogen) atoms. The lowest BCUT2D eigenvalue weighted by molar-refractivity contribution is 0.236. The van der Waals surface area contributed by atoms with E-state index in [9.17, 15) is 4.79 Å². The molecule has 2 aromatic heterocycles. The molecule has 2 aromatic rings. The second kappa shape index (κ2) is 7.28. The van der Waals surface area contributed by atoms with Crippen molar-refractivity contribution in [2.75, 3.05) is 6.54 Å². The molecule has 0 radical (unpaired) electrons. The maximum absolute atomic E-state index is 11.7. The van der Waals surface area contributed by atoms with Crippen molar-refractivity contribution in [1.29, 1.82) is 0 Å². The summed E-state index contributed by atoms with van der Waals surface area (Å²) in [7, 11) is 0. The highest BCUT2D eigenvalue weighted by Crippen LogP contribution is 1.94. The van der Waals surface area contributed by atoms with Crippen molar-refractivity contribution in [3.05, 3.63) is 48.8 Å². The number of pyridine rings is 1. The van der Waals surface area contributed by atoms with Gasteiger partial charge in [-0.2, -0.15) is 0 Å². The van der Waals surface area contributed by atoms with E-state index in [-0.39, 0.29) is 12.1 Å². The Labute approximate surface area is 118 Å². The summed E-state index contributed by atoms with van der Waals surface area (Å²) in [5.41, 5.74) is 0.972. The van der Waals surface area contributed by atoms with E-state index in [2.05, 4.69) is 20.6 Å². The van der Waals surface area contributed by atoms with E-state index in [0.717, 1.165) is 12.1 Å². The zero-order chi connectivity index (χ0) is 14.2. The highest BCUT2D eigenvalue weighted by Gasteiger charge is 2.07. The summed E-state index contributed by atoms with van der Waals surface area (Å²) in [5.74, 6) is 0. The molecule has 0 aromatic carbocycles. The predicted octanol–water partition coefficient (Wildman–Crippen LogP) is 1.21. The van der Waals surface area contributed by atoms with Crippen LogP contribution in [0.1, 0.15) is 12.6 Å². The van der Waals surface area contributed by atoms with E-state index in [1.54, 1.807) is 18.7 Å². The first kappa shape index (κ1) is 14.0. The Morgan fingerprint density at radius 3 is 3.00 bits per heavy atom. The fraction of sp³-hybridized carbons (Fsp3) is 0.357. The summed E-state index contributed by atoms with van der Waals surface area (Å²) in [6.45, 7) is 3.23. The first-order chi connectivity index (χ1) is 9.74. The topological polar surface area (TPSA) is 71.8 Å². The largest absolute Gasteiger partial charge is 0.338 e. The van der Waals surface area contributed by atoms with Gasteiger partial charge in [-0.05, 0) is 19.1 Å². The number of hydrogen-bond acceptors (Lipinski definition) is 3. The van der Waals surface area contributed by atoms with Crippen LogP contribution in [0.25, 0.3) is 0 Å². The zero-order valence-electron chi connectivity index (χ0n) is 11.5. The van der Waals surface area contributed by atoms with Gasteiger partial charge in [0.05, 0.1) is 6.33 Å². The lowest BCUT2D eigenvalue weighted by Crippen LogP contribution is -2.43. The monoisotopic (exact) mass is 273 g/mol. The van der Waals surface area contributed by atoms with Crippen molar-refractivity contribution in [3.8, 4) is 0 Å². The van der Waals surface area contributed by atoms with Gasteiger partial charge in [-0.15, -0.1) is 0 Å². The van der Waals surface area contributed by atoms with Gasteiger partial charge in [0.25, 0.3) is 0 Å². The summed E-state index contributed by atoms with van der Waals surface area (Å²) in [6.07, 6.45) is 7.81. The third kappa shape index (κ3) is 4.72. The maximum Gasteiger partial charge on any atom is 0.315 e. The van der Waals surface area contributed by atoms with Gasteiger partial charge in [0.15, 0.2) is 0 Å². The first-order valence-electron chi connectivity index (χ1n) is 6.64. The number of hydrogen-bond donors (Lipinski definition) is 2. The predicted molar refractivity (Wildman–Crippen MR) is 76.2 cm³/mol. The molecule has 0 saturated carbocycles. The number of nitrogens with one attached hydrogen (secondary N) is 2. The number of carbonyl (C=O) groups is 1. The van der Waals surface area contributed by atoms with Crippen LogP contribution in [-0.2, 0) is 13.0 Å². The van der Waals surface area contributed by atoms with Crippen LogP contribution in [0.15, 0.2) is 43.1 Å². The van der Waals surface area contributed by atoms with Gasteiger partial charge in [0.2, 0.25) is 0 Å². The quantitative estimate of drug-likeness (QED) is 0.831. The van der Waals surface area contributed by atoms with E-state index in [1.165, 1.54) is 0 Å². The number of amides is 2. The van der Waals surface area contributed by atoms with Gasteiger partial charge in [-0.3, -0.25) is 4.98 Å². The molecule has 0 aliphatic heterocycles. The summed E-state index contributed by atoms with van der Waals surface area (Å²) in [4.78, 5) is 19.9. The Balaban J connectivity index is 1.65. The van der Waals surface area contributed by atoms with E-state index in [1.807, 2.05) is 35.9 Å². The third-order valence-corrected chi connectivity index (χ3v) is 2.81. The van der Waals surface area contributed by atoms with Gasteiger partial charge >= 0.3 is 6.03 Å². The minimum Gasteiger partial charge on any atom is -0.338 e. The number of nitrogens with zero attached hydrogens (tertiary/aromatic N) is 3. The standard InChI is InChI=1S/C14H19N5O/c1-12(10-19-9-8-15-11-19)18-14(20)17-7-5-13-4-2-3-6-16-13/h2-4,6,8-9,11-12H,5,7,10H2,1H3,(H2,17,18,20)/t12-/m1/s1. The van der Waals surface area contributed by atoms with Gasteiger partial charge in [0.1, 0.15) is 0 Å².